The second-order valence-corrected chi connectivity index (χ2v) is 9.90. The van der Waals surface area contributed by atoms with Gasteiger partial charge in [0, 0.05) is 24.7 Å². The van der Waals surface area contributed by atoms with Crippen LogP contribution in [0.25, 0.3) is 0 Å². The van der Waals surface area contributed by atoms with Crippen molar-refractivity contribution in [3.8, 4) is 0 Å². The van der Waals surface area contributed by atoms with Crippen molar-refractivity contribution >= 4 is 27.3 Å². The van der Waals surface area contributed by atoms with Gasteiger partial charge < -0.3 is 9.64 Å². The van der Waals surface area contributed by atoms with Gasteiger partial charge in [-0.15, -0.1) is 0 Å². The number of benzene rings is 2. The van der Waals surface area contributed by atoms with E-state index in [2.05, 4.69) is 0 Å². The van der Waals surface area contributed by atoms with Crippen LogP contribution in [-0.2, 0) is 24.1 Å². The number of sulfone groups is 1. The van der Waals surface area contributed by atoms with Crippen molar-refractivity contribution < 1.29 is 26.7 Å². The minimum Gasteiger partial charge on any atom is -0.368 e. The molecule has 3 rings (SSSR count). The highest BCUT2D eigenvalue weighted by molar-refractivity contribution is 7.92. The molecule has 156 valence electrons. The number of hydrogen-bond donors (Lipinski definition) is 0. The van der Waals surface area contributed by atoms with Crippen LogP contribution in [0.3, 0.4) is 0 Å². The Balaban J connectivity index is 1.97. The van der Waals surface area contributed by atoms with Gasteiger partial charge in [0.15, 0.2) is 9.84 Å². The first-order valence-electron chi connectivity index (χ1n) is 8.84. The summed E-state index contributed by atoms with van der Waals surface area (Å²) < 4.78 is 59.1. The number of amides is 1. The van der Waals surface area contributed by atoms with Gasteiger partial charge in [0.25, 0.3) is 0 Å². The van der Waals surface area contributed by atoms with Crippen LogP contribution >= 0.6 is 11.6 Å². The van der Waals surface area contributed by atoms with Gasteiger partial charge in [0.2, 0.25) is 5.91 Å². The summed E-state index contributed by atoms with van der Waals surface area (Å²) in [4.78, 5) is 13.0. The highest BCUT2D eigenvalue weighted by Crippen LogP contribution is 2.52. The van der Waals surface area contributed by atoms with Gasteiger partial charge in [-0.3, -0.25) is 4.79 Å². The number of carbonyl (C=O) groups excluding carboxylic acids is 1. The molecular weight excluding hydrogens is 424 g/mol. The summed E-state index contributed by atoms with van der Waals surface area (Å²) in [7, 11) is -0.955. The van der Waals surface area contributed by atoms with E-state index >= 15 is 0 Å². The molecule has 0 saturated heterocycles. The Labute approximate surface area is 173 Å². The van der Waals surface area contributed by atoms with E-state index in [1.165, 1.54) is 29.2 Å². The maximum absolute atomic E-state index is 14.6. The van der Waals surface area contributed by atoms with Crippen LogP contribution < -0.4 is 0 Å². The van der Waals surface area contributed by atoms with Crippen LogP contribution in [0.1, 0.15) is 18.4 Å². The lowest BCUT2D eigenvalue weighted by atomic mass is 9.76. The molecular formula is C20H20ClF2NO4S. The number of halogens is 3. The van der Waals surface area contributed by atoms with Crippen LogP contribution in [-0.4, -0.2) is 46.0 Å². The predicted molar refractivity (Wildman–Crippen MR) is 104 cm³/mol. The second kappa shape index (κ2) is 8.01. The lowest BCUT2D eigenvalue weighted by molar-refractivity contribution is -0.138. The Hall–Kier alpha value is -2.03. The van der Waals surface area contributed by atoms with Crippen molar-refractivity contribution in [1.82, 2.24) is 4.90 Å². The average molecular weight is 444 g/mol. The van der Waals surface area contributed by atoms with Crippen molar-refractivity contribution in [3.63, 3.8) is 0 Å². The molecule has 0 heterocycles. The average Bonchev–Trinajstić information content (AvgIpc) is 2.63. The summed E-state index contributed by atoms with van der Waals surface area (Å²) in [6, 6.07) is 8.26. The Kier molecular flexibility index (Phi) is 5.98. The smallest absolute Gasteiger partial charge is 0.248 e. The Morgan fingerprint density at radius 2 is 1.79 bits per heavy atom. The second-order valence-electron chi connectivity index (χ2n) is 7.21. The van der Waals surface area contributed by atoms with E-state index in [1.54, 1.807) is 14.1 Å². The van der Waals surface area contributed by atoms with Crippen molar-refractivity contribution in [2.75, 3.05) is 20.7 Å². The Morgan fingerprint density at radius 1 is 1.17 bits per heavy atom. The van der Waals surface area contributed by atoms with Gasteiger partial charge in [-0.25, -0.2) is 17.2 Å². The van der Waals surface area contributed by atoms with Crippen molar-refractivity contribution in [2.45, 2.75) is 28.6 Å². The third-order valence-corrected chi connectivity index (χ3v) is 7.84. The van der Waals surface area contributed by atoms with Crippen LogP contribution in [0.2, 0.25) is 5.02 Å². The molecule has 2 aromatic carbocycles. The molecule has 29 heavy (non-hydrogen) atoms. The first kappa shape index (κ1) is 21.7. The summed E-state index contributed by atoms with van der Waals surface area (Å²) in [5.41, 5.74) is -0.244. The van der Waals surface area contributed by atoms with Gasteiger partial charge in [-0.1, -0.05) is 11.6 Å². The van der Waals surface area contributed by atoms with E-state index < -0.39 is 32.3 Å². The van der Waals surface area contributed by atoms with Gasteiger partial charge >= 0.3 is 0 Å². The predicted octanol–water partition coefficient (Wildman–Crippen LogP) is 3.55. The molecule has 0 radical (unpaired) electrons. The Bertz CT molecular complexity index is 1020. The fourth-order valence-electron chi connectivity index (χ4n) is 3.38. The molecule has 1 saturated carbocycles. The normalized spacial score (nSPS) is 21.5. The first-order chi connectivity index (χ1) is 13.6. The number of nitrogens with zero attached hydrogens (tertiary/aromatic N) is 1. The van der Waals surface area contributed by atoms with Crippen molar-refractivity contribution in [2.24, 2.45) is 0 Å². The monoisotopic (exact) mass is 443 g/mol. The first-order valence-corrected chi connectivity index (χ1v) is 10.7. The van der Waals surface area contributed by atoms with Gasteiger partial charge in [-0.2, -0.15) is 0 Å². The number of carbonyl (C=O) groups is 1. The molecule has 0 unspecified atom stereocenters. The summed E-state index contributed by atoms with van der Waals surface area (Å²) in [5, 5.41) is 0.354. The molecule has 1 aliphatic rings. The molecule has 9 heteroatoms. The molecule has 0 aromatic heterocycles. The topological polar surface area (TPSA) is 63.7 Å². The van der Waals surface area contributed by atoms with E-state index in [0.717, 1.165) is 18.2 Å². The van der Waals surface area contributed by atoms with E-state index in [9.17, 15) is 22.0 Å². The summed E-state index contributed by atoms with van der Waals surface area (Å²) in [6.45, 7) is -0.222. The molecule has 1 fully saturated rings. The van der Waals surface area contributed by atoms with Crippen LogP contribution in [0.15, 0.2) is 47.4 Å². The molecule has 5 nitrogen and oxygen atoms in total. The SMILES string of the molecule is CN(C)C(=O)COC1CC(c2cc(F)ccc2F)(S(=O)(=O)c2ccc(Cl)cc2)C1. The number of rotatable bonds is 6. The largest absolute Gasteiger partial charge is 0.368 e. The third-order valence-electron chi connectivity index (χ3n) is 5.11. The zero-order chi connectivity index (χ0) is 21.4. The van der Waals surface area contributed by atoms with E-state index in [0.29, 0.717) is 5.02 Å². The Morgan fingerprint density at radius 3 is 2.38 bits per heavy atom. The molecule has 0 aliphatic heterocycles. The van der Waals surface area contributed by atoms with Crippen molar-refractivity contribution in [3.05, 3.63) is 64.7 Å². The maximum Gasteiger partial charge on any atom is 0.248 e. The fourth-order valence-corrected chi connectivity index (χ4v) is 5.71. The van der Waals surface area contributed by atoms with E-state index in [1.807, 2.05) is 0 Å². The van der Waals surface area contributed by atoms with Crippen LogP contribution in [0.5, 0.6) is 0 Å². The van der Waals surface area contributed by atoms with Gasteiger partial charge in [-0.05, 0) is 55.3 Å². The highest BCUT2D eigenvalue weighted by Gasteiger charge is 2.57. The van der Waals surface area contributed by atoms with E-state index in [-0.39, 0.29) is 35.8 Å². The number of ether oxygens (including phenoxy) is 1. The summed E-state index contributed by atoms with van der Waals surface area (Å²) in [5.74, 6) is -1.83. The molecule has 2 aromatic rings. The maximum atomic E-state index is 14.6. The molecule has 1 amide bonds. The molecule has 0 spiro atoms. The van der Waals surface area contributed by atoms with E-state index in [4.69, 9.17) is 16.3 Å². The standard InChI is InChI=1S/C20H20ClF2NO4S/c1-24(2)19(25)12-28-15-10-20(11-15,17-9-14(22)5-8-18(17)23)29(26,27)16-6-3-13(21)4-7-16/h3-9,15H,10-12H2,1-2H3. The minimum atomic E-state index is -4.10. The number of likely N-dealkylation sites (N-methyl/N-ethyl adjacent to an activating group) is 1. The lowest BCUT2D eigenvalue weighted by Gasteiger charge is -2.46. The van der Waals surface area contributed by atoms with Gasteiger partial charge in [0.05, 0.1) is 11.0 Å². The zero-order valence-electron chi connectivity index (χ0n) is 15.9. The lowest BCUT2D eigenvalue weighted by Crippen LogP contribution is -2.52. The zero-order valence-corrected chi connectivity index (χ0v) is 17.4. The number of hydrogen-bond acceptors (Lipinski definition) is 4. The van der Waals surface area contributed by atoms with Gasteiger partial charge in [0.1, 0.15) is 23.0 Å². The highest BCUT2D eigenvalue weighted by atomic mass is 35.5. The fraction of sp³-hybridized carbons (Fsp3) is 0.350. The van der Waals surface area contributed by atoms with Crippen LogP contribution in [0, 0.1) is 11.6 Å². The molecule has 0 bridgehead atoms. The molecule has 0 N–H and O–H groups in total. The van der Waals surface area contributed by atoms with Crippen LogP contribution in [0.4, 0.5) is 8.78 Å². The minimum absolute atomic E-state index is 0.0478. The summed E-state index contributed by atoms with van der Waals surface area (Å²) >= 11 is 5.85. The molecule has 0 atom stereocenters. The quantitative estimate of drug-likeness (QED) is 0.685. The third kappa shape index (κ3) is 4.01. The van der Waals surface area contributed by atoms with Crippen molar-refractivity contribution in [1.29, 1.82) is 0 Å². The summed E-state index contributed by atoms with van der Waals surface area (Å²) in [6.07, 6.45) is -0.776. The molecule has 1 aliphatic carbocycles.